The molecule has 0 radical (unpaired) electrons. The van der Waals surface area contributed by atoms with E-state index in [0.29, 0.717) is 5.82 Å². The summed E-state index contributed by atoms with van der Waals surface area (Å²) < 4.78 is 2.64. The number of aromatic nitrogens is 2. The Hall–Kier alpha value is -0.940. The second-order valence-electron chi connectivity index (χ2n) is 3.40. The largest absolute Gasteiger partial charge is 0.381 e. The molecule has 1 aromatic carbocycles. The zero-order valence-corrected chi connectivity index (χ0v) is 11.5. The molecule has 3 nitrogen and oxygen atoms in total. The highest BCUT2D eigenvalue weighted by Gasteiger charge is 2.12. The molecule has 0 atom stereocenters. The minimum Gasteiger partial charge on any atom is -0.381 e. The molecule has 0 saturated heterocycles. The van der Waals surface area contributed by atoms with E-state index in [1.54, 1.807) is 16.4 Å². The average molecular weight is 298 g/mol. The summed E-state index contributed by atoms with van der Waals surface area (Å²) >= 11 is 5.19. The van der Waals surface area contributed by atoms with Gasteiger partial charge in [-0.1, -0.05) is 12.1 Å². The van der Waals surface area contributed by atoms with Crippen LogP contribution in [0.4, 0.5) is 5.82 Å². The van der Waals surface area contributed by atoms with Crippen LogP contribution in [0.5, 0.6) is 0 Å². The summed E-state index contributed by atoms with van der Waals surface area (Å²) in [4.78, 5) is 1.25. The summed E-state index contributed by atoms with van der Waals surface area (Å²) in [6, 6.07) is 8.34. The van der Waals surface area contributed by atoms with Gasteiger partial charge in [-0.2, -0.15) is 5.10 Å². The first-order valence-corrected chi connectivity index (χ1v) is 6.77. The summed E-state index contributed by atoms with van der Waals surface area (Å²) in [6.07, 6.45) is 2.06. The second-order valence-corrected chi connectivity index (χ2v) is 5.07. The molecular formula is C11H12BrN3S. The lowest BCUT2D eigenvalue weighted by molar-refractivity contribution is 0.780. The van der Waals surface area contributed by atoms with Crippen molar-refractivity contribution in [2.45, 2.75) is 4.90 Å². The van der Waals surface area contributed by atoms with Gasteiger partial charge in [0.15, 0.2) is 5.82 Å². The highest BCUT2D eigenvalue weighted by molar-refractivity contribution is 9.10. The first-order valence-electron chi connectivity index (χ1n) is 4.76. The molecule has 0 aliphatic carbocycles. The van der Waals surface area contributed by atoms with Crippen molar-refractivity contribution in [2.24, 2.45) is 7.05 Å². The first-order chi connectivity index (χ1) is 7.63. The third-order valence-electron chi connectivity index (χ3n) is 2.38. The number of benzene rings is 1. The maximum atomic E-state index is 5.75. The van der Waals surface area contributed by atoms with Crippen LogP contribution >= 0.6 is 27.7 Å². The van der Waals surface area contributed by atoms with Crippen LogP contribution in [0.1, 0.15) is 0 Å². The van der Waals surface area contributed by atoms with E-state index in [1.165, 1.54) is 4.90 Å². The van der Waals surface area contributed by atoms with Gasteiger partial charge in [0.05, 0.1) is 10.2 Å². The Kier molecular flexibility index (Phi) is 3.25. The van der Waals surface area contributed by atoms with Crippen LogP contribution in [0.3, 0.4) is 0 Å². The normalized spacial score (nSPS) is 10.7. The lowest BCUT2D eigenvalue weighted by atomic mass is 10.1. The van der Waals surface area contributed by atoms with E-state index in [9.17, 15) is 0 Å². The smallest absolute Gasteiger partial charge is 0.160 e. The number of anilines is 1. The van der Waals surface area contributed by atoms with E-state index < -0.39 is 0 Å². The molecule has 0 bridgehead atoms. The molecule has 0 aliphatic rings. The number of rotatable bonds is 2. The summed E-state index contributed by atoms with van der Waals surface area (Å²) in [6.45, 7) is 0. The molecule has 2 N–H and O–H groups in total. The Balaban J connectivity index is 2.50. The van der Waals surface area contributed by atoms with E-state index in [1.807, 2.05) is 7.05 Å². The fourth-order valence-electron chi connectivity index (χ4n) is 1.58. The summed E-state index contributed by atoms with van der Waals surface area (Å²) in [5, 5.41) is 4.17. The number of aryl methyl sites for hydroxylation is 1. The summed E-state index contributed by atoms with van der Waals surface area (Å²) in [5.41, 5.74) is 7.86. The lowest BCUT2D eigenvalue weighted by Gasteiger charge is -2.03. The fraction of sp³-hybridized carbons (Fsp3) is 0.182. The minimum atomic E-state index is 0.520. The highest BCUT2D eigenvalue weighted by Crippen LogP contribution is 2.32. The molecule has 2 aromatic rings. The number of thioether (sulfide) groups is 1. The SMILES string of the molecule is CSc1ccc(-c2c(Br)c(N)nn2C)cc1. The molecule has 0 fully saturated rings. The number of nitrogens with two attached hydrogens (primary N) is 1. The van der Waals surface area contributed by atoms with E-state index >= 15 is 0 Å². The van der Waals surface area contributed by atoms with E-state index in [0.717, 1.165) is 15.7 Å². The monoisotopic (exact) mass is 297 g/mol. The molecule has 1 aromatic heterocycles. The van der Waals surface area contributed by atoms with E-state index in [2.05, 4.69) is 51.5 Å². The molecule has 0 saturated carbocycles. The van der Waals surface area contributed by atoms with Crippen LogP contribution in [0, 0.1) is 0 Å². The van der Waals surface area contributed by atoms with Gasteiger partial charge in [0.25, 0.3) is 0 Å². The lowest BCUT2D eigenvalue weighted by Crippen LogP contribution is -1.94. The van der Waals surface area contributed by atoms with Gasteiger partial charge in [-0.05, 0) is 34.3 Å². The van der Waals surface area contributed by atoms with Crippen molar-refractivity contribution in [1.82, 2.24) is 9.78 Å². The van der Waals surface area contributed by atoms with Crippen molar-refractivity contribution in [3.8, 4) is 11.3 Å². The maximum absolute atomic E-state index is 5.75. The topological polar surface area (TPSA) is 43.8 Å². The van der Waals surface area contributed by atoms with Crippen molar-refractivity contribution in [3.05, 3.63) is 28.7 Å². The van der Waals surface area contributed by atoms with Crippen LogP contribution in [-0.2, 0) is 7.05 Å². The number of hydrogen-bond acceptors (Lipinski definition) is 3. The molecule has 2 rings (SSSR count). The van der Waals surface area contributed by atoms with Crippen molar-refractivity contribution >= 4 is 33.5 Å². The standard InChI is InChI=1S/C11H12BrN3S/c1-15-10(9(12)11(13)14-15)7-3-5-8(16-2)6-4-7/h3-6H,1-2H3,(H2,13,14). The highest BCUT2D eigenvalue weighted by atomic mass is 79.9. The van der Waals surface area contributed by atoms with E-state index in [-0.39, 0.29) is 0 Å². The first kappa shape index (κ1) is 11.5. The van der Waals surface area contributed by atoms with Crippen molar-refractivity contribution < 1.29 is 0 Å². The van der Waals surface area contributed by atoms with E-state index in [4.69, 9.17) is 5.73 Å². The number of halogens is 1. The number of hydrogen-bond donors (Lipinski definition) is 1. The minimum absolute atomic E-state index is 0.520. The molecule has 1 heterocycles. The maximum Gasteiger partial charge on any atom is 0.160 e. The van der Waals surface area contributed by atoms with Crippen molar-refractivity contribution in [1.29, 1.82) is 0 Å². The Morgan fingerprint density at radius 2 is 1.94 bits per heavy atom. The predicted molar refractivity (Wildman–Crippen MR) is 72.5 cm³/mol. The van der Waals surface area contributed by atoms with Crippen LogP contribution in [0.2, 0.25) is 0 Å². The van der Waals surface area contributed by atoms with Crippen molar-refractivity contribution in [3.63, 3.8) is 0 Å². The average Bonchev–Trinajstić information content (AvgIpc) is 2.54. The Labute approximate surface area is 107 Å². The second kappa shape index (κ2) is 4.51. The summed E-state index contributed by atoms with van der Waals surface area (Å²) in [5.74, 6) is 0.520. The molecule has 16 heavy (non-hydrogen) atoms. The van der Waals surface area contributed by atoms with Gasteiger partial charge in [-0.3, -0.25) is 4.68 Å². The van der Waals surface area contributed by atoms with Gasteiger partial charge >= 0.3 is 0 Å². The van der Waals surface area contributed by atoms with Gasteiger partial charge in [0.2, 0.25) is 0 Å². The zero-order valence-electron chi connectivity index (χ0n) is 9.07. The van der Waals surface area contributed by atoms with Gasteiger partial charge < -0.3 is 5.73 Å². The zero-order chi connectivity index (χ0) is 11.7. The molecule has 0 amide bonds. The Morgan fingerprint density at radius 1 is 1.31 bits per heavy atom. The molecule has 0 spiro atoms. The van der Waals surface area contributed by atoms with Crippen LogP contribution in [0.25, 0.3) is 11.3 Å². The molecule has 0 aliphatic heterocycles. The predicted octanol–water partition coefficient (Wildman–Crippen LogP) is 3.15. The van der Waals surface area contributed by atoms with Gasteiger partial charge in [-0.15, -0.1) is 11.8 Å². The van der Waals surface area contributed by atoms with Crippen LogP contribution in [0.15, 0.2) is 33.6 Å². The molecular weight excluding hydrogens is 286 g/mol. The third kappa shape index (κ3) is 1.97. The van der Waals surface area contributed by atoms with Gasteiger partial charge in [0, 0.05) is 17.5 Å². The molecule has 5 heteroatoms. The Morgan fingerprint density at radius 3 is 2.38 bits per heavy atom. The van der Waals surface area contributed by atoms with Gasteiger partial charge in [0.1, 0.15) is 0 Å². The quantitative estimate of drug-likeness (QED) is 0.866. The molecule has 84 valence electrons. The Bertz CT molecular complexity index is 505. The third-order valence-corrected chi connectivity index (χ3v) is 3.90. The van der Waals surface area contributed by atoms with Crippen LogP contribution < -0.4 is 5.73 Å². The van der Waals surface area contributed by atoms with Crippen molar-refractivity contribution in [2.75, 3.05) is 12.0 Å². The van der Waals surface area contributed by atoms with Crippen LogP contribution in [-0.4, -0.2) is 16.0 Å². The summed E-state index contributed by atoms with van der Waals surface area (Å²) in [7, 11) is 1.89. The van der Waals surface area contributed by atoms with Gasteiger partial charge in [-0.25, -0.2) is 0 Å². The number of nitrogens with zero attached hydrogens (tertiary/aromatic N) is 2. The fourth-order valence-corrected chi connectivity index (χ4v) is 2.55. The number of nitrogen functional groups attached to an aromatic ring is 1. The molecule has 0 unspecified atom stereocenters.